The van der Waals surface area contributed by atoms with Crippen LogP contribution in [0.2, 0.25) is 0 Å². The Bertz CT molecular complexity index is 887. The second kappa shape index (κ2) is 7.91. The van der Waals surface area contributed by atoms with E-state index in [1.165, 1.54) is 31.0 Å². The van der Waals surface area contributed by atoms with Gasteiger partial charge >= 0.3 is 0 Å². The van der Waals surface area contributed by atoms with E-state index >= 15 is 0 Å². The summed E-state index contributed by atoms with van der Waals surface area (Å²) in [5.41, 5.74) is 2.77. The lowest BCUT2D eigenvalue weighted by Crippen LogP contribution is -2.37. The Labute approximate surface area is 157 Å². The summed E-state index contributed by atoms with van der Waals surface area (Å²) in [7, 11) is 0. The molecule has 0 bridgehead atoms. The fourth-order valence-corrected chi connectivity index (χ4v) is 4.02. The SMILES string of the molecule is O=C(CSc1ccc2nc(-c3ccccc3)cn2n1)NC1CCCCC1. The monoisotopic (exact) mass is 366 g/mol. The van der Waals surface area contributed by atoms with Crippen molar-refractivity contribution in [3.63, 3.8) is 0 Å². The molecular weight excluding hydrogens is 344 g/mol. The van der Waals surface area contributed by atoms with Gasteiger partial charge in [-0.1, -0.05) is 61.4 Å². The van der Waals surface area contributed by atoms with Crippen LogP contribution in [0.15, 0.2) is 53.7 Å². The van der Waals surface area contributed by atoms with Gasteiger partial charge in [0.2, 0.25) is 5.91 Å². The van der Waals surface area contributed by atoms with Crippen molar-refractivity contribution >= 4 is 23.3 Å². The van der Waals surface area contributed by atoms with Crippen molar-refractivity contribution in [3.8, 4) is 11.3 Å². The Kier molecular flexibility index (Phi) is 5.20. The molecule has 0 unspecified atom stereocenters. The highest BCUT2D eigenvalue weighted by Crippen LogP contribution is 2.21. The Morgan fingerprint density at radius 2 is 1.92 bits per heavy atom. The fraction of sp³-hybridized carbons (Fsp3) is 0.350. The van der Waals surface area contributed by atoms with Gasteiger partial charge in [0, 0.05) is 11.6 Å². The van der Waals surface area contributed by atoms with E-state index in [1.54, 1.807) is 4.52 Å². The number of rotatable bonds is 5. The fourth-order valence-electron chi connectivity index (χ4n) is 3.35. The predicted octanol–water partition coefficient (Wildman–Crippen LogP) is 3.94. The van der Waals surface area contributed by atoms with Crippen LogP contribution in [0.4, 0.5) is 0 Å². The molecule has 1 aromatic carbocycles. The number of fused-ring (bicyclic) bond motifs is 1. The molecule has 4 rings (SSSR count). The third kappa shape index (κ3) is 4.07. The molecule has 1 N–H and O–H groups in total. The molecule has 0 spiro atoms. The molecule has 26 heavy (non-hydrogen) atoms. The first-order chi connectivity index (χ1) is 12.8. The molecule has 2 heterocycles. The van der Waals surface area contributed by atoms with Crippen LogP contribution in [-0.2, 0) is 4.79 Å². The molecular formula is C20H22N4OS. The minimum atomic E-state index is 0.0967. The molecule has 5 nitrogen and oxygen atoms in total. The third-order valence-corrected chi connectivity index (χ3v) is 5.61. The van der Waals surface area contributed by atoms with Gasteiger partial charge in [-0.05, 0) is 25.0 Å². The molecule has 3 aromatic rings. The molecule has 0 atom stereocenters. The van der Waals surface area contributed by atoms with Gasteiger partial charge in [-0.3, -0.25) is 4.79 Å². The van der Waals surface area contributed by atoms with Crippen LogP contribution in [0.3, 0.4) is 0 Å². The van der Waals surface area contributed by atoms with Crippen LogP contribution in [0, 0.1) is 0 Å². The van der Waals surface area contributed by atoms with Crippen molar-refractivity contribution in [1.82, 2.24) is 19.9 Å². The maximum Gasteiger partial charge on any atom is 0.230 e. The Morgan fingerprint density at radius 3 is 2.73 bits per heavy atom. The highest BCUT2D eigenvalue weighted by molar-refractivity contribution is 7.99. The van der Waals surface area contributed by atoms with E-state index in [9.17, 15) is 4.79 Å². The molecule has 0 radical (unpaired) electrons. The normalized spacial score (nSPS) is 15.2. The number of nitrogens with zero attached hydrogens (tertiary/aromatic N) is 3. The Morgan fingerprint density at radius 1 is 1.12 bits per heavy atom. The molecule has 0 saturated heterocycles. The molecule has 1 fully saturated rings. The summed E-state index contributed by atoms with van der Waals surface area (Å²) in [6, 6.07) is 14.3. The van der Waals surface area contributed by atoms with Crippen LogP contribution >= 0.6 is 11.8 Å². The second-order valence-electron chi connectivity index (χ2n) is 6.66. The zero-order chi connectivity index (χ0) is 17.8. The summed E-state index contributed by atoms with van der Waals surface area (Å²) in [5, 5.41) is 8.55. The summed E-state index contributed by atoms with van der Waals surface area (Å²) in [4.78, 5) is 16.8. The maximum absolute atomic E-state index is 12.2. The number of benzene rings is 1. The maximum atomic E-state index is 12.2. The van der Waals surface area contributed by atoms with Crippen molar-refractivity contribution in [2.75, 3.05) is 5.75 Å². The van der Waals surface area contributed by atoms with Gasteiger partial charge in [0.15, 0.2) is 5.65 Å². The first-order valence-electron chi connectivity index (χ1n) is 9.12. The minimum Gasteiger partial charge on any atom is -0.353 e. The molecule has 1 aliphatic carbocycles. The average Bonchev–Trinajstić information content (AvgIpc) is 3.11. The molecule has 2 aromatic heterocycles. The van der Waals surface area contributed by atoms with Gasteiger partial charge in [-0.2, -0.15) is 5.10 Å². The van der Waals surface area contributed by atoms with Gasteiger partial charge in [-0.25, -0.2) is 9.50 Å². The van der Waals surface area contributed by atoms with Crippen molar-refractivity contribution < 1.29 is 4.79 Å². The van der Waals surface area contributed by atoms with E-state index in [0.29, 0.717) is 11.8 Å². The number of aromatic nitrogens is 3. The first kappa shape index (κ1) is 17.1. The summed E-state index contributed by atoms with van der Waals surface area (Å²) in [6.07, 6.45) is 7.88. The van der Waals surface area contributed by atoms with E-state index in [-0.39, 0.29) is 5.91 Å². The lowest BCUT2D eigenvalue weighted by molar-refractivity contribution is -0.119. The predicted molar refractivity (Wildman–Crippen MR) is 104 cm³/mol. The third-order valence-electron chi connectivity index (χ3n) is 4.69. The average molecular weight is 366 g/mol. The molecule has 134 valence electrons. The van der Waals surface area contributed by atoms with Gasteiger partial charge in [0.25, 0.3) is 0 Å². The van der Waals surface area contributed by atoms with Crippen LogP contribution in [-0.4, -0.2) is 32.3 Å². The Hall–Kier alpha value is -2.34. The number of hydrogen-bond donors (Lipinski definition) is 1. The van der Waals surface area contributed by atoms with E-state index in [0.717, 1.165) is 34.8 Å². The lowest BCUT2D eigenvalue weighted by atomic mass is 9.95. The van der Waals surface area contributed by atoms with Crippen LogP contribution < -0.4 is 5.32 Å². The zero-order valence-corrected chi connectivity index (χ0v) is 15.4. The topological polar surface area (TPSA) is 59.3 Å². The summed E-state index contributed by atoms with van der Waals surface area (Å²) < 4.78 is 1.78. The molecule has 1 saturated carbocycles. The van der Waals surface area contributed by atoms with Crippen LogP contribution in [0.25, 0.3) is 16.9 Å². The molecule has 1 amide bonds. The van der Waals surface area contributed by atoms with Crippen molar-refractivity contribution in [3.05, 3.63) is 48.7 Å². The van der Waals surface area contributed by atoms with Crippen LogP contribution in [0.1, 0.15) is 32.1 Å². The van der Waals surface area contributed by atoms with Crippen LogP contribution in [0.5, 0.6) is 0 Å². The quantitative estimate of drug-likeness (QED) is 0.695. The summed E-state index contributed by atoms with van der Waals surface area (Å²) in [6.45, 7) is 0. The summed E-state index contributed by atoms with van der Waals surface area (Å²) in [5.74, 6) is 0.495. The van der Waals surface area contributed by atoms with Crippen molar-refractivity contribution in [1.29, 1.82) is 0 Å². The van der Waals surface area contributed by atoms with Crippen molar-refractivity contribution in [2.45, 2.75) is 43.2 Å². The number of carbonyl (C=O) groups excluding carboxylic acids is 1. The van der Waals surface area contributed by atoms with E-state index < -0.39 is 0 Å². The highest BCUT2D eigenvalue weighted by atomic mass is 32.2. The number of imidazole rings is 1. The van der Waals surface area contributed by atoms with Gasteiger partial charge in [0.05, 0.1) is 17.6 Å². The largest absolute Gasteiger partial charge is 0.353 e. The van der Waals surface area contributed by atoms with Gasteiger partial charge in [-0.15, -0.1) is 0 Å². The number of hydrogen-bond acceptors (Lipinski definition) is 4. The standard InChI is InChI=1S/C20H22N4OS/c25-19(21-16-9-5-2-6-10-16)14-26-20-12-11-18-22-17(13-24(18)23-20)15-7-3-1-4-8-15/h1,3-4,7-8,11-13,16H,2,5-6,9-10,14H2,(H,21,25). The first-order valence-corrected chi connectivity index (χ1v) is 10.1. The number of amides is 1. The van der Waals surface area contributed by atoms with E-state index in [4.69, 9.17) is 0 Å². The van der Waals surface area contributed by atoms with Gasteiger partial charge in [0.1, 0.15) is 5.03 Å². The number of carbonyl (C=O) groups is 1. The summed E-state index contributed by atoms with van der Waals surface area (Å²) >= 11 is 1.47. The number of nitrogens with one attached hydrogen (secondary N) is 1. The smallest absolute Gasteiger partial charge is 0.230 e. The highest BCUT2D eigenvalue weighted by Gasteiger charge is 2.16. The van der Waals surface area contributed by atoms with E-state index in [1.807, 2.05) is 48.7 Å². The Balaban J connectivity index is 1.40. The molecule has 1 aliphatic rings. The molecule has 6 heteroatoms. The lowest BCUT2D eigenvalue weighted by Gasteiger charge is -2.22. The number of thioether (sulfide) groups is 1. The van der Waals surface area contributed by atoms with E-state index in [2.05, 4.69) is 15.4 Å². The van der Waals surface area contributed by atoms with Crippen molar-refractivity contribution in [2.24, 2.45) is 0 Å². The minimum absolute atomic E-state index is 0.0967. The second-order valence-corrected chi connectivity index (χ2v) is 7.65. The van der Waals surface area contributed by atoms with Gasteiger partial charge < -0.3 is 5.32 Å². The molecule has 0 aliphatic heterocycles. The zero-order valence-electron chi connectivity index (χ0n) is 14.6.